The maximum absolute atomic E-state index is 12.9. The Balaban J connectivity index is 1.66. The second-order valence-corrected chi connectivity index (χ2v) is 4.91. The summed E-state index contributed by atoms with van der Waals surface area (Å²) in [5, 5.41) is 10.9. The molecule has 0 radical (unpaired) electrons. The number of amides is 1. The summed E-state index contributed by atoms with van der Waals surface area (Å²) < 4.78 is 16.1. The number of halogens is 1. The normalized spacial score (nSPS) is 10.6. The molecule has 1 aromatic carbocycles. The van der Waals surface area contributed by atoms with Crippen molar-refractivity contribution in [2.24, 2.45) is 7.05 Å². The first-order chi connectivity index (χ1) is 10.6. The molecule has 112 valence electrons. The number of carbonyl (C=O) groups is 1. The van der Waals surface area contributed by atoms with E-state index in [1.54, 1.807) is 47.1 Å². The van der Waals surface area contributed by atoms with Crippen molar-refractivity contribution in [2.45, 2.75) is 6.54 Å². The Morgan fingerprint density at radius 3 is 2.64 bits per heavy atom. The van der Waals surface area contributed by atoms with Crippen LogP contribution in [-0.4, -0.2) is 25.5 Å². The summed E-state index contributed by atoms with van der Waals surface area (Å²) in [5.41, 5.74) is 2.00. The molecule has 0 aliphatic heterocycles. The summed E-state index contributed by atoms with van der Waals surface area (Å²) >= 11 is 0. The molecule has 0 saturated heterocycles. The predicted molar refractivity (Wildman–Crippen MR) is 78.9 cm³/mol. The van der Waals surface area contributed by atoms with E-state index in [-0.39, 0.29) is 11.7 Å². The molecule has 0 unspecified atom stereocenters. The van der Waals surface area contributed by atoms with Gasteiger partial charge in [-0.05, 0) is 17.7 Å². The molecular weight excluding hydrogens is 285 g/mol. The quantitative estimate of drug-likeness (QED) is 0.802. The van der Waals surface area contributed by atoms with Gasteiger partial charge in [-0.25, -0.2) is 4.39 Å². The third kappa shape index (κ3) is 3.20. The predicted octanol–water partition coefficient (Wildman–Crippen LogP) is 2.06. The van der Waals surface area contributed by atoms with Crippen LogP contribution in [0.15, 0.2) is 49.1 Å². The number of carbonyl (C=O) groups excluding carboxylic acids is 1. The SMILES string of the molecule is Cn1cc(C(=O)Nc2cnn(Cc3ccc(F)cc3)c2)cn1. The van der Waals surface area contributed by atoms with Crippen LogP contribution in [0.2, 0.25) is 0 Å². The first kappa shape index (κ1) is 14.0. The van der Waals surface area contributed by atoms with Crippen LogP contribution >= 0.6 is 0 Å². The number of rotatable bonds is 4. The van der Waals surface area contributed by atoms with Gasteiger partial charge in [0.1, 0.15) is 5.82 Å². The van der Waals surface area contributed by atoms with Crippen LogP contribution < -0.4 is 5.32 Å². The van der Waals surface area contributed by atoms with E-state index in [1.807, 2.05) is 0 Å². The third-order valence-corrected chi connectivity index (χ3v) is 3.12. The summed E-state index contributed by atoms with van der Waals surface area (Å²) in [6.45, 7) is 0.503. The van der Waals surface area contributed by atoms with Crippen molar-refractivity contribution in [2.75, 3.05) is 5.32 Å². The summed E-state index contributed by atoms with van der Waals surface area (Å²) in [5.74, 6) is -0.511. The lowest BCUT2D eigenvalue weighted by molar-refractivity contribution is 0.102. The average Bonchev–Trinajstić information content (AvgIpc) is 3.11. The fourth-order valence-electron chi connectivity index (χ4n) is 2.03. The van der Waals surface area contributed by atoms with Gasteiger partial charge >= 0.3 is 0 Å². The van der Waals surface area contributed by atoms with Crippen molar-refractivity contribution in [1.82, 2.24) is 19.6 Å². The van der Waals surface area contributed by atoms with Crippen LogP contribution in [0, 0.1) is 5.82 Å². The molecule has 22 heavy (non-hydrogen) atoms. The van der Waals surface area contributed by atoms with E-state index in [0.717, 1.165) is 5.56 Å². The monoisotopic (exact) mass is 299 g/mol. The van der Waals surface area contributed by atoms with Crippen LogP contribution in [0.25, 0.3) is 0 Å². The maximum atomic E-state index is 12.9. The number of nitrogens with one attached hydrogen (secondary N) is 1. The number of hydrogen-bond donors (Lipinski definition) is 1. The Labute approximate surface area is 126 Å². The molecule has 0 bridgehead atoms. The van der Waals surface area contributed by atoms with Gasteiger partial charge in [0.2, 0.25) is 0 Å². The zero-order valence-electron chi connectivity index (χ0n) is 11.9. The molecule has 7 heteroatoms. The molecule has 2 heterocycles. The molecule has 2 aromatic heterocycles. The highest BCUT2D eigenvalue weighted by Gasteiger charge is 2.09. The van der Waals surface area contributed by atoms with Crippen LogP contribution in [0.3, 0.4) is 0 Å². The lowest BCUT2D eigenvalue weighted by Crippen LogP contribution is -2.10. The Hall–Kier alpha value is -2.96. The number of anilines is 1. The van der Waals surface area contributed by atoms with Crippen LogP contribution in [0.5, 0.6) is 0 Å². The van der Waals surface area contributed by atoms with Gasteiger partial charge in [0, 0.05) is 19.4 Å². The van der Waals surface area contributed by atoms with Gasteiger partial charge in [-0.2, -0.15) is 10.2 Å². The Morgan fingerprint density at radius 2 is 1.95 bits per heavy atom. The fourth-order valence-corrected chi connectivity index (χ4v) is 2.03. The van der Waals surface area contributed by atoms with Crippen molar-refractivity contribution < 1.29 is 9.18 Å². The van der Waals surface area contributed by atoms with Gasteiger partial charge < -0.3 is 5.32 Å². The molecule has 3 rings (SSSR count). The molecule has 0 aliphatic rings. The molecule has 0 spiro atoms. The Bertz CT molecular complexity index is 790. The molecular formula is C15H14FN5O. The molecule has 3 aromatic rings. The number of nitrogens with zero attached hydrogens (tertiary/aromatic N) is 4. The zero-order chi connectivity index (χ0) is 15.5. The molecule has 1 N–H and O–H groups in total. The van der Waals surface area contributed by atoms with E-state index in [9.17, 15) is 9.18 Å². The van der Waals surface area contributed by atoms with Gasteiger partial charge in [0.25, 0.3) is 5.91 Å². The minimum absolute atomic E-state index is 0.241. The van der Waals surface area contributed by atoms with Crippen molar-refractivity contribution in [3.63, 3.8) is 0 Å². The van der Waals surface area contributed by atoms with Crippen molar-refractivity contribution in [3.05, 3.63) is 66.0 Å². The van der Waals surface area contributed by atoms with Crippen LogP contribution in [0.1, 0.15) is 15.9 Å². The fraction of sp³-hybridized carbons (Fsp3) is 0.133. The summed E-state index contributed by atoms with van der Waals surface area (Å²) in [6, 6.07) is 6.21. The molecule has 0 aliphatic carbocycles. The van der Waals surface area contributed by atoms with Gasteiger partial charge in [-0.15, -0.1) is 0 Å². The lowest BCUT2D eigenvalue weighted by Gasteiger charge is -2.02. The van der Waals surface area contributed by atoms with E-state index in [4.69, 9.17) is 0 Å². The third-order valence-electron chi connectivity index (χ3n) is 3.12. The average molecular weight is 299 g/mol. The highest BCUT2D eigenvalue weighted by atomic mass is 19.1. The molecule has 0 atom stereocenters. The Morgan fingerprint density at radius 1 is 1.18 bits per heavy atom. The Kier molecular flexibility index (Phi) is 3.69. The van der Waals surface area contributed by atoms with Gasteiger partial charge in [0.15, 0.2) is 0 Å². The topological polar surface area (TPSA) is 64.7 Å². The highest BCUT2D eigenvalue weighted by Crippen LogP contribution is 2.10. The second kappa shape index (κ2) is 5.80. The number of benzene rings is 1. The summed E-state index contributed by atoms with van der Waals surface area (Å²) in [4.78, 5) is 12.0. The second-order valence-electron chi connectivity index (χ2n) is 4.91. The van der Waals surface area contributed by atoms with E-state index in [0.29, 0.717) is 17.8 Å². The highest BCUT2D eigenvalue weighted by molar-refractivity contribution is 6.03. The standard InChI is InChI=1S/C15H14FN5O/c1-20-9-12(6-17-20)15(22)19-14-7-18-21(10-14)8-11-2-4-13(16)5-3-11/h2-7,9-10H,8H2,1H3,(H,19,22). The first-order valence-corrected chi connectivity index (χ1v) is 6.67. The van der Waals surface area contributed by atoms with Crippen molar-refractivity contribution >= 4 is 11.6 Å². The minimum atomic E-state index is -0.270. The van der Waals surface area contributed by atoms with Gasteiger partial charge in [0.05, 0.1) is 30.2 Å². The van der Waals surface area contributed by atoms with E-state index < -0.39 is 0 Å². The van der Waals surface area contributed by atoms with Gasteiger partial charge in [-0.1, -0.05) is 12.1 Å². The maximum Gasteiger partial charge on any atom is 0.258 e. The summed E-state index contributed by atoms with van der Waals surface area (Å²) in [6.07, 6.45) is 6.42. The van der Waals surface area contributed by atoms with Crippen LogP contribution in [0.4, 0.5) is 10.1 Å². The smallest absolute Gasteiger partial charge is 0.258 e. The minimum Gasteiger partial charge on any atom is -0.319 e. The number of aromatic nitrogens is 4. The van der Waals surface area contributed by atoms with Gasteiger partial charge in [-0.3, -0.25) is 14.2 Å². The number of hydrogen-bond acceptors (Lipinski definition) is 3. The lowest BCUT2D eigenvalue weighted by atomic mass is 10.2. The van der Waals surface area contributed by atoms with Crippen LogP contribution in [-0.2, 0) is 13.6 Å². The first-order valence-electron chi connectivity index (χ1n) is 6.67. The van der Waals surface area contributed by atoms with E-state index >= 15 is 0 Å². The largest absolute Gasteiger partial charge is 0.319 e. The van der Waals surface area contributed by atoms with Crippen molar-refractivity contribution in [3.8, 4) is 0 Å². The van der Waals surface area contributed by atoms with E-state index in [1.165, 1.54) is 18.3 Å². The zero-order valence-corrected chi connectivity index (χ0v) is 11.9. The van der Waals surface area contributed by atoms with Crippen molar-refractivity contribution in [1.29, 1.82) is 0 Å². The molecule has 6 nitrogen and oxygen atoms in total. The molecule has 1 amide bonds. The molecule has 0 saturated carbocycles. The summed E-state index contributed by atoms with van der Waals surface area (Å²) in [7, 11) is 1.75. The number of aryl methyl sites for hydroxylation is 1. The van der Waals surface area contributed by atoms with E-state index in [2.05, 4.69) is 15.5 Å². The molecule has 0 fully saturated rings.